The molecule has 0 radical (unpaired) electrons. The van der Waals surface area contributed by atoms with Gasteiger partial charge >= 0.3 is 6.03 Å². The quantitative estimate of drug-likeness (QED) is 0.916. The van der Waals surface area contributed by atoms with Gasteiger partial charge in [0.1, 0.15) is 5.82 Å². The summed E-state index contributed by atoms with van der Waals surface area (Å²) in [4.78, 5) is 17.8. The van der Waals surface area contributed by atoms with Gasteiger partial charge in [-0.25, -0.2) is 9.18 Å². The van der Waals surface area contributed by atoms with E-state index in [1.165, 1.54) is 17.0 Å². The summed E-state index contributed by atoms with van der Waals surface area (Å²) in [6.07, 6.45) is 4.21. The van der Waals surface area contributed by atoms with Crippen molar-refractivity contribution in [3.8, 4) is 0 Å². The Kier molecular flexibility index (Phi) is 5.26. The highest BCUT2D eigenvalue weighted by Gasteiger charge is 2.16. The number of carbonyl (C=O) groups is 1. The van der Waals surface area contributed by atoms with E-state index in [9.17, 15) is 9.18 Å². The number of hydrogen-bond donors (Lipinski definition) is 1. The molecule has 0 atom stereocenters. The fraction of sp³-hybridized carbons (Fsp3) is 0.250. The second kappa shape index (κ2) is 7.38. The van der Waals surface area contributed by atoms with Crippen molar-refractivity contribution in [2.45, 2.75) is 19.9 Å². The highest BCUT2D eigenvalue weighted by Crippen LogP contribution is 2.18. The molecule has 0 saturated carbocycles. The van der Waals surface area contributed by atoms with Crippen LogP contribution in [0.1, 0.15) is 18.9 Å². The standard InChI is InChI=1S/C16H18FN3O/c1-2-8-19-16(21)20(12-13-5-4-9-18-11-13)15-7-3-6-14(17)10-15/h3-7,9-11H,2,8,12H2,1H3,(H,19,21). The van der Waals surface area contributed by atoms with Gasteiger partial charge in [-0.15, -0.1) is 0 Å². The molecule has 1 N–H and O–H groups in total. The van der Waals surface area contributed by atoms with Gasteiger partial charge in [-0.2, -0.15) is 0 Å². The zero-order valence-electron chi connectivity index (χ0n) is 11.9. The second-order valence-corrected chi connectivity index (χ2v) is 4.66. The van der Waals surface area contributed by atoms with E-state index >= 15 is 0 Å². The maximum absolute atomic E-state index is 13.4. The van der Waals surface area contributed by atoms with Gasteiger partial charge in [0, 0.05) is 24.6 Å². The molecule has 0 spiro atoms. The van der Waals surface area contributed by atoms with Crippen LogP contribution < -0.4 is 10.2 Å². The predicted octanol–water partition coefficient (Wildman–Crippen LogP) is 3.35. The summed E-state index contributed by atoms with van der Waals surface area (Å²) in [6.45, 7) is 2.90. The molecule has 0 bridgehead atoms. The highest BCUT2D eigenvalue weighted by molar-refractivity contribution is 5.91. The van der Waals surface area contributed by atoms with Crippen LogP contribution in [0.3, 0.4) is 0 Å². The lowest BCUT2D eigenvalue weighted by atomic mass is 10.2. The molecule has 0 aliphatic rings. The number of nitrogens with one attached hydrogen (secondary N) is 1. The highest BCUT2D eigenvalue weighted by atomic mass is 19.1. The minimum absolute atomic E-state index is 0.244. The minimum Gasteiger partial charge on any atom is -0.338 e. The Labute approximate surface area is 123 Å². The molecule has 0 fully saturated rings. The lowest BCUT2D eigenvalue weighted by Crippen LogP contribution is -2.40. The molecule has 0 aliphatic heterocycles. The SMILES string of the molecule is CCCNC(=O)N(Cc1cccnc1)c1cccc(F)c1. The molecule has 1 aromatic carbocycles. The topological polar surface area (TPSA) is 45.2 Å². The fourth-order valence-corrected chi connectivity index (χ4v) is 1.93. The normalized spacial score (nSPS) is 10.2. The van der Waals surface area contributed by atoms with Gasteiger partial charge in [-0.05, 0) is 36.2 Å². The molecule has 1 aromatic heterocycles. The van der Waals surface area contributed by atoms with Gasteiger partial charge in [0.15, 0.2) is 0 Å². The summed E-state index contributed by atoms with van der Waals surface area (Å²) >= 11 is 0. The first-order valence-electron chi connectivity index (χ1n) is 6.90. The number of anilines is 1. The first-order chi connectivity index (χ1) is 10.2. The van der Waals surface area contributed by atoms with Crippen LogP contribution >= 0.6 is 0 Å². The third-order valence-electron chi connectivity index (χ3n) is 2.95. The Morgan fingerprint density at radius 1 is 1.33 bits per heavy atom. The monoisotopic (exact) mass is 287 g/mol. The maximum atomic E-state index is 13.4. The average Bonchev–Trinajstić information content (AvgIpc) is 2.51. The lowest BCUT2D eigenvalue weighted by Gasteiger charge is -2.23. The molecular formula is C16H18FN3O. The van der Waals surface area contributed by atoms with Crippen LogP contribution in [0.25, 0.3) is 0 Å². The maximum Gasteiger partial charge on any atom is 0.322 e. The van der Waals surface area contributed by atoms with Crippen LogP contribution in [0.4, 0.5) is 14.9 Å². The van der Waals surface area contributed by atoms with Crippen molar-refractivity contribution in [2.75, 3.05) is 11.4 Å². The molecule has 0 aliphatic carbocycles. The average molecular weight is 287 g/mol. The van der Waals surface area contributed by atoms with E-state index in [4.69, 9.17) is 0 Å². The number of aromatic nitrogens is 1. The van der Waals surface area contributed by atoms with E-state index < -0.39 is 0 Å². The van der Waals surface area contributed by atoms with Crippen LogP contribution in [0.5, 0.6) is 0 Å². The number of benzene rings is 1. The summed E-state index contributed by atoms with van der Waals surface area (Å²) in [5.41, 5.74) is 1.40. The van der Waals surface area contributed by atoms with Crippen molar-refractivity contribution >= 4 is 11.7 Å². The van der Waals surface area contributed by atoms with Crippen molar-refractivity contribution in [1.29, 1.82) is 0 Å². The Morgan fingerprint density at radius 2 is 2.19 bits per heavy atom. The summed E-state index contributed by atoms with van der Waals surface area (Å²) < 4.78 is 13.4. The van der Waals surface area contributed by atoms with Crippen molar-refractivity contribution in [3.63, 3.8) is 0 Å². The molecule has 110 valence electrons. The molecule has 2 amide bonds. The Hall–Kier alpha value is -2.43. The van der Waals surface area contributed by atoms with E-state index in [-0.39, 0.29) is 11.8 Å². The van der Waals surface area contributed by atoms with Crippen molar-refractivity contribution in [2.24, 2.45) is 0 Å². The van der Waals surface area contributed by atoms with Gasteiger partial charge in [0.05, 0.1) is 6.54 Å². The van der Waals surface area contributed by atoms with Crippen LogP contribution in [0.15, 0.2) is 48.8 Å². The lowest BCUT2D eigenvalue weighted by molar-refractivity contribution is 0.246. The van der Waals surface area contributed by atoms with E-state index in [1.807, 2.05) is 19.1 Å². The van der Waals surface area contributed by atoms with Crippen molar-refractivity contribution < 1.29 is 9.18 Å². The number of nitrogens with zero attached hydrogens (tertiary/aromatic N) is 2. The van der Waals surface area contributed by atoms with Gasteiger partial charge in [0.25, 0.3) is 0 Å². The van der Waals surface area contributed by atoms with E-state index in [0.29, 0.717) is 18.8 Å². The van der Waals surface area contributed by atoms with E-state index in [2.05, 4.69) is 10.3 Å². The first kappa shape index (κ1) is 15.0. The van der Waals surface area contributed by atoms with Crippen molar-refractivity contribution in [3.05, 3.63) is 60.2 Å². The summed E-state index contributed by atoms with van der Waals surface area (Å²) in [5, 5.41) is 2.81. The number of urea groups is 1. The summed E-state index contributed by atoms with van der Waals surface area (Å²) in [7, 11) is 0. The summed E-state index contributed by atoms with van der Waals surface area (Å²) in [6, 6.07) is 9.46. The van der Waals surface area contributed by atoms with Gasteiger partial charge in [-0.3, -0.25) is 9.88 Å². The van der Waals surface area contributed by atoms with Gasteiger partial charge in [0.2, 0.25) is 0 Å². The first-order valence-corrected chi connectivity index (χ1v) is 6.90. The number of carbonyl (C=O) groups excluding carboxylic acids is 1. The minimum atomic E-state index is -0.369. The molecule has 4 nitrogen and oxygen atoms in total. The molecule has 0 unspecified atom stereocenters. The number of hydrogen-bond acceptors (Lipinski definition) is 2. The predicted molar refractivity (Wildman–Crippen MR) is 80.5 cm³/mol. The van der Waals surface area contributed by atoms with Crippen molar-refractivity contribution in [1.82, 2.24) is 10.3 Å². The Morgan fingerprint density at radius 3 is 2.86 bits per heavy atom. The summed E-state index contributed by atoms with van der Waals surface area (Å²) in [5.74, 6) is -0.369. The fourth-order valence-electron chi connectivity index (χ4n) is 1.93. The molecule has 0 saturated heterocycles. The Balaban J connectivity index is 2.23. The van der Waals surface area contributed by atoms with Crippen LogP contribution in [-0.2, 0) is 6.54 Å². The molecule has 5 heteroatoms. The Bertz CT molecular complexity index is 589. The zero-order chi connectivity index (χ0) is 15.1. The van der Waals surface area contributed by atoms with Gasteiger partial charge < -0.3 is 5.32 Å². The number of pyridine rings is 1. The number of rotatable bonds is 5. The van der Waals surface area contributed by atoms with Gasteiger partial charge in [-0.1, -0.05) is 19.1 Å². The molecule has 21 heavy (non-hydrogen) atoms. The third kappa shape index (κ3) is 4.27. The number of amides is 2. The third-order valence-corrected chi connectivity index (χ3v) is 2.95. The van der Waals surface area contributed by atoms with Crippen LogP contribution in [0, 0.1) is 5.82 Å². The molecular weight excluding hydrogens is 269 g/mol. The van der Waals surface area contributed by atoms with Crippen LogP contribution in [0.2, 0.25) is 0 Å². The smallest absolute Gasteiger partial charge is 0.322 e. The zero-order valence-corrected chi connectivity index (χ0v) is 11.9. The van der Waals surface area contributed by atoms with E-state index in [0.717, 1.165) is 12.0 Å². The molecule has 2 rings (SSSR count). The van der Waals surface area contributed by atoms with Crippen LogP contribution in [-0.4, -0.2) is 17.6 Å². The number of halogens is 1. The van der Waals surface area contributed by atoms with E-state index in [1.54, 1.807) is 24.5 Å². The molecule has 2 aromatic rings. The molecule has 1 heterocycles. The largest absolute Gasteiger partial charge is 0.338 e. The second-order valence-electron chi connectivity index (χ2n) is 4.66.